The van der Waals surface area contributed by atoms with Gasteiger partial charge in [-0.3, -0.25) is 4.79 Å². The van der Waals surface area contributed by atoms with E-state index < -0.39 is 18.2 Å². The van der Waals surface area contributed by atoms with Crippen LogP contribution in [0.4, 0.5) is 5.69 Å². The van der Waals surface area contributed by atoms with E-state index in [2.05, 4.69) is 6.92 Å². The topological polar surface area (TPSA) is 98.1 Å². The second-order valence-electron chi connectivity index (χ2n) is 7.79. The van der Waals surface area contributed by atoms with E-state index >= 15 is 0 Å². The summed E-state index contributed by atoms with van der Waals surface area (Å²) in [7, 11) is 0. The van der Waals surface area contributed by atoms with Gasteiger partial charge >= 0.3 is 5.97 Å². The van der Waals surface area contributed by atoms with Crippen molar-refractivity contribution in [3.05, 3.63) is 51.7 Å². The third-order valence-electron chi connectivity index (χ3n) is 5.62. The first-order chi connectivity index (χ1) is 14.4. The van der Waals surface area contributed by atoms with Crippen LogP contribution < -0.4 is 4.90 Å². The number of nitrogens with zero attached hydrogens (tertiary/aromatic N) is 1. The molecule has 1 aliphatic heterocycles. The quantitative estimate of drug-likeness (QED) is 0.367. The van der Waals surface area contributed by atoms with Crippen LogP contribution in [0.2, 0.25) is 0 Å². The maximum absolute atomic E-state index is 12.2. The number of carboxylic acid groups (broad SMARTS) is 1. The zero-order chi connectivity index (χ0) is 21.7. The maximum atomic E-state index is 12.2. The van der Waals surface area contributed by atoms with Gasteiger partial charge in [-0.05, 0) is 55.5 Å². The number of thiophene rings is 1. The number of carbonyl (C=O) groups excluding carboxylic acids is 1. The van der Waals surface area contributed by atoms with Crippen molar-refractivity contribution < 1.29 is 24.9 Å². The molecule has 0 spiro atoms. The fourth-order valence-corrected chi connectivity index (χ4v) is 4.75. The third kappa shape index (κ3) is 5.09. The van der Waals surface area contributed by atoms with E-state index in [1.54, 1.807) is 11.0 Å². The molecule has 1 fully saturated rings. The van der Waals surface area contributed by atoms with Crippen LogP contribution in [0.15, 0.2) is 36.4 Å². The van der Waals surface area contributed by atoms with Gasteiger partial charge in [0.05, 0.1) is 12.1 Å². The minimum atomic E-state index is -0.998. The molecule has 2 unspecified atom stereocenters. The van der Waals surface area contributed by atoms with Crippen molar-refractivity contribution >= 4 is 28.9 Å². The summed E-state index contributed by atoms with van der Waals surface area (Å²) in [6.07, 6.45) is 4.52. The fraction of sp³-hybridized carbons (Fsp3) is 0.478. The average Bonchev–Trinajstić information content (AvgIpc) is 3.22. The van der Waals surface area contributed by atoms with Gasteiger partial charge in [0.2, 0.25) is 0 Å². The van der Waals surface area contributed by atoms with Gasteiger partial charge in [-0.25, -0.2) is 4.79 Å². The molecule has 1 saturated heterocycles. The van der Waals surface area contributed by atoms with Crippen molar-refractivity contribution in [3.8, 4) is 0 Å². The Morgan fingerprint density at radius 2 is 1.87 bits per heavy atom. The Kier molecular flexibility index (Phi) is 7.64. The minimum absolute atomic E-state index is 0.281. The van der Waals surface area contributed by atoms with E-state index in [1.165, 1.54) is 11.3 Å². The predicted octanol–water partition coefficient (Wildman–Crippen LogP) is 4.16. The Labute approximate surface area is 180 Å². The van der Waals surface area contributed by atoms with Crippen LogP contribution in [0.3, 0.4) is 0 Å². The number of hydrogen-bond donors (Lipinski definition) is 3. The van der Waals surface area contributed by atoms with Crippen LogP contribution in [-0.2, 0) is 11.2 Å². The lowest BCUT2D eigenvalue weighted by molar-refractivity contribution is -0.137. The molecule has 0 bridgehead atoms. The smallest absolute Gasteiger partial charge is 0.345 e. The molecule has 2 aromatic rings. The van der Waals surface area contributed by atoms with Crippen molar-refractivity contribution in [2.24, 2.45) is 0 Å². The largest absolute Gasteiger partial charge is 0.477 e. The number of anilines is 1. The number of aliphatic hydroxyl groups excluding tert-OH is 2. The molecule has 0 aliphatic carbocycles. The first-order valence-electron chi connectivity index (χ1n) is 10.5. The van der Waals surface area contributed by atoms with E-state index in [1.807, 2.05) is 30.3 Å². The van der Waals surface area contributed by atoms with E-state index in [-0.39, 0.29) is 11.9 Å². The molecule has 1 amide bonds. The summed E-state index contributed by atoms with van der Waals surface area (Å²) in [6.45, 7) is 2.13. The van der Waals surface area contributed by atoms with Crippen LogP contribution in [0, 0.1) is 0 Å². The van der Waals surface area contributed by atoms with Crippen LogP contribution in [0.1, 0.15) is 71.7 Å². The van der Waals surface area contributed by atoms with E-state index in [0.717, 1.165) is 48.2 Å². The highest BCUT2D eigenvalue weighted by Crippen LogP contribution is 2.33. The van der Waals surface area contributed by atoms with Crippen molar-refractivity contribution in [1.82, 2.24) is 0 Å². The molecule has 0 saturated carbocycles. The van der Waals surface area contributed by atoms with E-state index in [4.69, 9.17) is 5.11 Å². The number of carbonyl (C=O) groups is 2. The normalized spacial score (nSPS) is 19.6. The van der Waals surface area contributed by atoms with Crippen molar-refractivity contribution in [2.45, 2.75) is 70.1 Å². The first kappa shape index (κ1) is 22.5. The van der Waals surface area contributed by atoms with Crippen molar-refractivity contribution in [3.63, 3.8) is 0 Å². The highest BCUT2D eigenvalue weighted by molar-refractivity contribution is 7.13. The average molecular weight is 432 g/mol. The molecule has 7 heteroatoms. The minimum Gasteiger partial charge on any atom is -0.477 e. The van der Waals surface area contributed by atoms with Gasteiger partial charge in [0.1, 0.15) is 4.88 Å². The molecule has 30 heavy (non-hydrogen) atoms. The standard InChI is InChI=1S/C23H29NO5S/c1-2-3-4-8-19(25)15-9-11-16(12-10-15)24-18(21(26)22(24)27)7-5-6-17-13-14-20(30-17)23(28)29/h9-14,18-19,21,25-26H,2-8H2,1H3,(H,28,29)/t18-,19?,21?/m0/s1. The fourth-order valence-electron chi connectivity index (χ4n) is 3.86. The summed E-state index contributed by atoms with van der Waals surface area (Å²) in [5.41, 5.74) is 1.57. The molecule has 1 aromatic carbocycles. The summed E-state index contributed by atoms with van der Waals surface area (Å²) in [5, 5.41) is 29.4. The molecule has 3 N–H and O–H groups in total. The molecular formula is C23H29NO5S. The number of aryl methyl sites for hydroxylation is 1. The molecule has 3 rings (SSSR count). The lowest BCUT2D eigenvalue weighted by Crippen LogP contribution is -2.65. The van der Waals surface area contributed by atoms with Crippen LogP contribution in [0.5, 0.6) is 0 Å². The lowest BCUT2D eigenvalue weighted by atomic mass is 9.91. The maximum Gasteiger partial charge on any atom is 0.345 e. The number of hydrogen-bond acceptors (Lipinski definition) is 5. The molecule has 6 nitrogen and oxygen atoms in total. The number of aliphatic hydroxyl groups is 2. The number of carboxylic acids is 1. The molecule has 3 atom stereocenters. The molecule has 1 aliphatic rings. The first-order valence-corrected chi connectivity index (χ1v) is 11.3. The van der Waals surface area contributed by atoms with Gasteiger partial charge in [-0.2, -0.15) is 0 Å². The van der Waals surface area contributed by atoms with Crippen LogP contribution in [0.25, 0.3) is 0 Å². The summed E-state index contributed by atoms with van der Waals surface area (Å²) >= 11 is 1.26. The number of unbranched alkanes of at least 4 members (excludes halogenated alkanes) is 2. The number of aromatic carboxylic acids is 1. The van der Waals surface area contributed by atoms with Gasteiger partial charge < -0.3 is 20.2 Å². The van der Waals surface area contributed by atoms with Gasteiger partial charge in [0.15, 0.2) is 6.10 Å². The van der Waals surface area contributed by atoms with Crippen molar-refractivity contribution in [2.75, 3.05) is 4.90 Å². The number of benzene rings is 1. The van der Waals surface area contributed by atoms with Crippen LogP contribution in [-0.4, -0.2) is 39.3 Å². The van der Waals surface area contributed by atoms with Gasteiger partial charge in [-0.1, -0.05) is 38.3 Å². The highest BCUT2D eigenvalue weighted by Gasteiger charge is 2.46. The second-order valence-corrected chi connectivity index (χ2v) is 8.96. The van der Waals surface area contributed by atoms with Gasteiger partial charge in [-0.15, -0.1) is 11.3 Å². The number of amides is 1. The Bertz CT molecular complexity index is 863. The second kappa shape index (κ2) is 10.2. The Morgan fingerprint density at radius 3 is 2.50 bits per heavy atom. The Hall–Kier alpha value is -2.22. The lowest BCUT2D eigenvalue weighted by Gasteiger charge is -2.44. The molecule has 0 radical (unpaired) electrons. The SMILES string of the molecule is CCCCCC(O)c1ccc(N2C(=O)C(O)[C@@H]2CCCc2ccc(C(=O)O)s2)cc1. The van der Waals surface area contributed by atoms with Crippen molar-refractivity contribution in [1.29, 1.82) is 0 Å². The predicted molar refractivity (Wildman–Crippen MR) is 117 cm³/mol. The summed E-state index contributed by atoms with van der Waals surface area (Å²) in [5.74, 6) is -1.23. The zero-order valence-electron chi connectivity index (χ0n) is 17.2. The number of rotatable bonds is 11. The summed E-state index contributed by atoms with van der Waals surface area (Å²) < 4.78 is 0. The third-order valence-corrected chi connectivity index (χ3v) is 6.75. The molecule has 1 aromatic heterocycles. The zero-order valence-corrected chi connectivity index (χ0v) is 18.0. The monoisotopic (exact) mass is 431 g/mol. The summed E-state index contributed by atoms with van der Waals surface area (Å²) in [4.78, 5) is 26.1. The Morgan fingerprint density at radius 1 is 1.13 bits per heavy atom. The van der Waals surface area contributed by atoms with Gasteiger partial charge in [0.25, 0.3) is 5.91 Å². The summed E-state index contributed by atoms with van der Waals surface area (Å²) in [6, 6.07) is 10.5. The van der Waals surface area contributed by atoms with Gasteiger partial charge in [0, 0.05) is 10.6 Å². The number of β-lactam (4-membered cyclic amide) rings is 1. The van der Waals surface area contributed by atoms with Crippen LogP contribution >= 0.6 is 11.3 Å². The Balaban J connectivity index is 1.56. The molecular weight excluding hydrogens is 402 g/mol. The van der Waals surface area contributed by atoms with E-state index in [0.29, 0.717) is 17.7 Å². The molecule has 162 valence electrons. The molecule has 2 heterocycles. The van der Waals surface area contributed by atoms with E-state index in [9.17, 15) is 19.8 Å². The highest BCUT2D eigenvalue weighted by atomic mass is 32.1.